The quantitative estimate of drug-likeness (QED) is 0.357. The minimum absolute atomic E-state index is 0.0780. The normalized spacial score (nSPS) is 12.3. The maximum Gasteiger partial charge on any atom is 0.242 e. The van der Waals surface area contributed by atoms with Gasteiger partial charge in [-0.25, -0.2) is 4.98 Å². The van der Waals surface area contributed by atoms with Crippen molar-refractivity contribution in [3.8, 4) is 10.7 Å². The summed E-state index contributed by atoms with van der Waals surface area (Å²) in [5, 5.41) is 12.1. The Labute approximate surface area is 171 Å². The third kappa shape index (κ3) is 3.63. The highest BCUT2D eigenvalue weighted by Gasteiger charge is 2.21. The van der Waals surface area contributed by atoms with Crippen molar-refractivity contribution in [3.63, 3.8) is 0 Å². The van der Waals surface area contributed by atoms with E-state index < -0.39 is 6.04 Å². The number of fused-ring (bicyclic) bond motifs is 1. The zero-order valence-corrected chi connectivity index (χ0v) is 17.0. The van der Waals surface area contributed by atoms with Crippen molar-refractivity contribution in [1.82, 2.24) is 29.6 Å². The van der Waals surface area contributed by atoms with Crippen LogP contribution in [0.1, 0.15) is 19.4 Å². The van der Waals surface area contributed by atoms with Gasteiger partial charge in [-0.1, -0.05) is 18.2 Å². The fraction of sp³-hybridized carbons (Fsp3) is 0.263. The molecule has 0 saturated carbocycles. The standard InChI is InChI=1S/C19H20N6OS2/c1-13(25-17(22-23-19(25)27)16-8-4-11-28-16)18(26)20-9-5-10-24-12-21-14-6-2-3-7-15(14)24/h2-4,6-8,11-13H,5,9-10H2,1H3,(H,20,26)(H,23,27). The van der Waals surface area contributed by atoms with Crippen LogP contribution in [0.4, 0.5) is 0 Å². The van der Waals surface area contributed by atoms with Crippen LogP contribution in [-0.4, -0.2) is 36.8 Å². The number of nitrogens with one attached hydrogen (secondary N) is 2. The second-order valence-electron chi connectivity index (χ2n) is 6.45. The molecule has 4 aromatic rings. The van der Waals surface area contributed by atoms with Gasteiger partial charge in [-0.2, -0.15) is 5.10 Å². The number of aromatic nitrogens is 5. The number of thiophene rings is 1. The summed E-state index contributed by atoms with van der Waals surface area (Å²) in [5.41, 5.74) is 2.09. The molecular weight excluding hydrogens is 392 g/mol. The number of para-hydroxylation sites is 2. The maximum atomic E-state index is 12.7. The first kappa shape index (κ1) is 18.6. The minimum atomic E-state index is -0.447. The van der Waals surface area contributed by atoms with E-state index in [9.17, 15) is 4.79 Å². The molecule has 2 N–H and O–H groups in total. The summed E-state index contributed by atoms with van der Waals surface area (Å²) < 4.78 is 4.31. The molecule has 3 heterocycles. The highest BCUT2D eigenvalue weighted by Crippen LogP contribution is 2.25. The van der Waals surface area contributed by atoms with Gasteiger partial charge in [0, 0.05) is 13.1 Å². The fourth-order valence-electron chi connectivity index (χ4n) is 3.16. The largest absolute Gasteiger partial charge is 0.354 e. The number of rotatable bonds is 7. The molecule has 144 valence electrons. The topological polar surface area (TPSA) is 80.5 Å². The van der Waals surface area contributed by atoms with Gasteiger partial charge >= 0.3 is 0 Å². The summed E-state index contributed by atoms with van der Waals surface area (Å²) in [6.07, 6.45) is 2.65. The number of imidazole rings is 1. The lowest BCUT2D eigenvalue weighted by atomic mass is 10.2. The molecule has 0 spiro atoms. The molecule has 0 saturated heterocycles. The van der Waals surface area contributed by atoms with E-state index >= 15 is 0 Å². The Kier molecular flexibility index (Phi) is 5.36. The molecule has 1 amide bonds. The zero-order chi connectivity index (χ0) is 19.5. The van der Waals surface area contributed by atoms with Gasteiger partial charge in [-0.15, -0.1) is 11.3 Å². The van der Waals surface area contributed by atoms with Gasteiger partial charge in [0.25, 0.3) is 0 Å². The molecular formula is C19H20N6OS2. The number of hydrogen-bond acceptors (Lipinski definition) is 5. The molecule has 7 nitrogen and oxygen atoms in total. The van der Waals surface area contributed by atoms with Crippen molar-refractivity contribution in [3.05, 3.63) is 52.9 Å². The SMILES string of the molecule is CC(C(=O)NCCCn1cnc2ccccc21)n1c(-c2cccs2)n[nH]c1=S. The number of amides is 1. The van der Waals surface area contributed by atoms with Crippen LogP contribution in [0.15, 0.2) is 48.1 Å². The molecule has 3 aromatic heterocycles. The number of aromatic amines is 1. The van der Waals surface area contributed by atoms with Gasteiger partial charge < -0.3 is 9.88 Å². The number of H-pyrrole nitrogens is 1. The second kappa shape index (κ2) is 8.07. The summed E-state index contributed by atoms with van der Waals surface area (Å²) in [4.78, 5) is 18.0. The molecule has 4 rings (SSSR count). The molecule has 0 radical (unpaired) electrons. The first-order valence-corrected chi connectivity index (χ1v) is 10.3. The third-order valence-corrected chi connectivity index (χ3v) is 5.77. The lowest BCUT2D eigenvalue weighted by Gasteiger charge is -2.15. The summed E-state index contributed by atoms with van der Waals surface area (Å²) >= 11 is 6.90. The Morgan fingerprint density at radius 2 is 2.18 bits per heavy atom. The van der Waals surface area contributed by atoms with E-state index in [1.807, 2.05) is 49.0 Å². The maximum absolute atomic E-state index is 12.7. The lowest BCUT2D eigenvalue weighted by molar-refractivity contribution is -0.123. The Morgan fingerprint density at radius 1 is 1.32 bits per heavy atom. The number of hydrogen-bond donors (Lipinski definition) is 2. The molecule has 0 bridgehead atoms. The summed E-state index contributed by atoms with van der Waals surface area (Å²) in [7, 11) is 0. The smallest absolute Gasteiger partial charge is 0.242 e. The molecule has 1 unspecified atom stereocenters. The number of carbonyl (C=O) groups excluding carboxylic acids is 1. The van der Waals surface area contributed by atoms with Crippen molar-refractivity contribution < 1.29 is 4.79 Å². The first-order chi connectivity index (χ1) is 13.6. The van der Waals surface area contributed by atoms with Gasteiger partial charge in [0.15, 0.2) is 10.6 Å². The number of aryl methyl sites for hydroxylation is 1. The van der Waals surface area contributed by atoms with Crippen LogP contribution in [0.2, 0.25) is 0 Å². The van der Waals surface area contributed by atoms with E-state index in [1.54, 1.807) is 15.9 Å². The van der Waals surface area contributed by atoms with Crippen LogP contribution in [-0.2, 0) is 11.3 Å². The Bertz CT molecular complexity index is 1140. The predicted octanol–water partition coefficient (Wildman–Crippen LogP) is 3.79. The van der Waals surface area contributed by atoms with E-state index in [0.29, 0.717) is 17.1 Å². The van der Waals surface area contributed by atoms with Crippen LogP contribution in [0.3, 0.4) is 0 Å². The molecule has 9 heteroatoms. The van der Waals surface area contributed by atoms with Crippen LogP contribution >= 0.6 is 23.6 Å². The van der Waals surface area contributed by atoms with Crippen molar-refractivity contribution >= 4 is 40.5 Å². The molecule has 0 aliphatic rings. The van der Waals surface area contributed by atoms with Gasteiger partial charge in [0.05, 0.1) is 22.2 Å². The van der Waals surface area contributed by atoms with Crippen molar-refractivity contribution in [1.29, 1.82) is 0 Å². The molecule has 1 atom stereocenters. The Morgan fingerprint density at radius 3 is 3.00 bits per heavy atom. The monoisotopic (exact) mass is 412 g/mol. The Hall–Kier alpha value is -2.78. The minimum Gasteiger partial charge on any atom is -0.354 e. The highest BCUT2D eigenvalue weighted by molar-refractivity contribution is 7.71. The number of benzene rings is 1. The van der Waals surface area contributed by atoms with Crippen molar-refractivity contribution in [2.75, 3.05) is 6.54 Å². The summed E-state index contributed by atoms with van der Waals surface area (Å²) in [6, 6.07) is 11.5. The van der Waals surface area contributed by atoms with Gasteiger partial charge in [-0.3, -0.25) is 14.5 Å². The van der Waals surface area contributed by atoms with Gasteiger partial charge in [-0.05, 0) is 49.1 Å². The average Bonchev–Trinajstić information content (AvgIpc) is 3.44. The summed E-state index contributed by atoms with van der Waals surface area (Å²) in [6.45, 7) is 3.21. The van der Waals surface area contributed by atoms with Crippen molar-refractivity contribution in [2.45, 2.75) is 25.9 Å². The third-order valence-electron chi connectivity index (χ3n) is 4.62. The van der Waals surface area contributed by atoms with Crippen LogP contribution in [0.25, 0.3) is 21.7 Å². The van der Waals surface area contributed by atoms with Crippen molar-refractivity contribution in [2.24, 2.45) is 0 Å². The molecule has 0 fully saturated rings. The van der Waals surface area contributed by atoms with Crippen LogP contribution in [0, 0.1) is 4.77 Å². The molecule has 0 aliphatic carbocycles. The van der Waals surface area contributed by atoms with E-state index in [2.05, 4.69) is 31.1 Å². The van der Waals surface area contributed by atoms with Gasteiger partial charge in [0.1, 0.15) is 6.04 Å². The number of carbonyl (C=O) groups is 1. The van der Waals surface area contributed by atoms with E-state index in [-0.39, 0.29) is 5.91 Å². The van der Waals surface area contributed by atoms with Crippen LogP contribution in [0.5, 0.6) is 0 Å². The first-order valence-electron chi connectivity index (χ1n) is 9.03. The molecule has 0 aliphatic heterocycles. The fourth-order valence-corrected chi connectivity index (χ4v) is 4.16. The molecule has 1 aromatic carbocycles. The van der Waals surface area contributed by atoms with Crippen LogP contribution < -0.4 is 5.32 Å². The Balaban J connectivity index is 1.37. The summed E-state index contributed by atoms with van der Waals surface area (Å²) in [5.74, 6) is 0.610. The molecule has 28 heavy (non-hydrogen) atoms. The van der Waals surface area contributed by atoms with Gasteiger partial charge in [0.2, 0.25) is 5.91 Å². The predicted molar refractivity (Wildman–Crippen MR) is 113 cm³/mol. The van der Waals surface area contributed by atoms with E-state index in [4.69, 9.17) is 12.2 Å². The van der Waals surface area contributed by atoms with E-state index in [0.717, 1.165) is 28.9 Å². The van der Waals surface area contributed by atoms with E-state index in [1.165, 1.54) is 0 Å². The average molecular weight is 413 g/mol. The second-order valence-corrected chi connectivity index (χ2v) is 7.78. The number of nitrogens with zero attached hydrogens (tertiary/aromatic N) is 4. The lowest BCUT2D eigenvalue weighted by Crippen LogP contribution is -2.32. The zero-order valence-electron chi connectivity index (χ0n) is 15.3. The highest BCUT2D eigenvalue weighted by atomic mass is 32.1.